The summed E-state index contributed by atoms with van der Waals surface area (Å²) in [5, 5.41) is 2.96. The molecule has 0 radical (unpaired) electrons. The average molecular weight is 404 g/mol. The van der Waals surface area contributed by atoms with Crippen LogP contribution in [0.2, 0.25) is 0 Å². The number of nitrogens with one attached hydrogen (secondary N) is 1. The number of carbonyl (C=O) groups is 3. The third-order valence-electron chi connectivity index (χ3n) is 5.58. The second-order valence-electron chi connectivity index (χ2n) is 7.76. The van der Waals surface area contributed by atoms with Crippen molar-refractivity contribution in [3.05, 3.63) is 29.3 Å². The minimum atomic E-state index is -0.419. The van der Waals surface area contributed by atoms with Crippen LogP contribution in [0.4, 0.5) is 5.69 Å². The smallest absolute Gasteiger partial charge is 0.309 e. The van der Waals surface area contributed by atoms with E-state index in [-0.39, 0.29) is 30.2 Å². The minimum Gasteiger partial charge on any atom is -0.466 e. The zero-order chi connectivity index (χ0) is 21.6. The Kier molecular flexibility index (Phi) is 8.20. The lowest BCUT2D eigenvalue weighted by atomic mass is 9.96. The van der Waals surface area contributed by atoms with Gasteiger partial charge in [-0.2, -0.15) is 0 Å². The van der Waals surface area contributed by atoms with Gasteiger partial charge in [0.25, 0.3) is 0 Å². The van der Waals surface area contributed by atoms with Crippen LogP contribution in [0.5, 0.6) is 0 Å². The molecule has 1 N–H and O–H groups in total. The molecule has 7 heteroatoms. The summed E-state index contributed by atoms with van der Waals surface area (Å²) < 4.78 is 5.08. The summed E-state index contributed by atoms with van der Waals surface area (Å²) >= 11 is 0. The molecule has 1 saturated heterocycles. The fourth-order valence-corrected chi connectivity index (χ4v) is 3.60. The van der Waals surface area contributed by atoms with Gasteiger partial charge in [-0.3, -0.25) is 19.3 Å². The molecule has 160 valence electrons. The van der Waals surface area contributed by atoms with Crippen LogP contribution in [0.1, 0.15) is 37.8 Å². The maximum Gasteiger partial charge on any atom is 0.309 e. The highest BCUT2D eigenvalue weighted by Crippen LogP contribution is 2.21. The fourth-order valence-electron chi connectivity index (χ4n) is 3.60. The quantitative estimate of drug-likeness (QED) is 0.707. The third kappa shape index (κ3) is 6.03. The molecule has 1 atom stereocenters. The molecule has 1 heterocycles. The normalized spacial score (nSPS) is 15.9. The number of para-hydroxylation sites is 1. The average Bonchev–Trinajstić information content (AvgIpc) is 2.70. The van der Waals surface area contributed by atoms with E-state index in [1.54, 1.807) is 23.8 Å². The van der Waals surface area contributed by atoms with Gasteiger partial charge in [-0.15, -0.1) is 0 Å². The molecule has 2 rings (SSSR count). The van der Waals surface area contributed by atoms with Crippen molar-refractivity contribution in [2.45, 2.75) is 46.6 Å². The molecular weight excluding hydrogens is 370 g/mol. The predicted molar refractivity (Wildman–Crippen MR) is 113 cm³/mol. The number of ether oxygens (including phenoxy) is 1. The van der Waals surface area contributed by atoms with Crippen LogP contribution in [0.25, 0.3) is 0 Å². The Labute approximate surface area is 173 Å². The first kappa shape index (κ1) is 22.9. The molecule has 2 amide bonds. The Morgan fingerprint density at radius 1 is 1.21 bits per heavy atom. The number of amides is 2. The molecule has 1 aliphatic rings. The summed E-state index contributed by atoms with van der Waals surface area (Å²) in [6, 6.07) is 5.45. The number of rotatable bonds is 7. The first-order valence-corrected chi connectivity index (χ1v) is 10.3. The first-order chi connectivity index (χ1) is 13.7. The van der Waals surface area contributed by atoms with Crippen molar-refractivity contribution in [1.82, 2.24) is 9.80 Å². The van der Waals surface area contributed by atoms with E-state index in [1.807, 2.05) is 39.0 Å². The van der Waals surface area contributed by atoms with E-state index in [4.69, 9.17) is 4.74 Å². The van der Waals surface area contributed by atoms with E-state index in [0.29, 0.717) is 32.5 Å². The summed E-state index contributed by atoms with van der Waals surface area (Å²) in [7, 11) is 1.78. The van der Waals surface area contributed by atoms with Crippen LogP contribution in [-0.4, -0.2) is 66.9 Å². The zero-order valence-corrected chi connectivity index (χ0v) is 18.2. The summed E-state index contributed by atoms with van der Waals surface area (Å²) in [6.07, 6.45) is 1.24. The number of esters is 1. The van der Waals surface area contributed by atoms with Gasteiger partial charge in [-0.25, -0.2) is 0 Å². The highest BCUT2D eigenvalue weighted by Gasteiger charge is 2.31. The van der Waals surface area contributed by atoms with Gasteiger partial charge in [-0.05, 0) is 58.7 Å². The molecule has 1 aromatic carbocycles. The van der Waals surface area contributed by atoms with E-state index in [9.17, 15) is 14.4 Å². The molecule has 7 nitrogen and oxygen atoms in total. The largest absolute Gasteiger partial charge is 0.466 e. The molecule has 0 aliphatic carbocycles. The van der Waals surface area contributed by atoms with Crippen molar-refractivity contribution in [1.29, 1.82) is 0 Å². The van der Waals surface area contributed by atoms with Crippen molar-refractivity contribution >= 4 is 23.5 Å². The standard InChI is InChI=1S/C22H33N3O4/c1-6-29-22(28)18-10-12-25(13-11-18)21(27)17(4)24(5)14-19(26)23-20-15(2)8-7-9-16(20)3/h7-9,17-18H,6,10-14H2,1-5H3,(H,23,26)/t17-/m1/s1. The van der Waals surface area contributed by atoms with Crippen molar-refractivity contribution < 1.29 is 19.1 Å². The van der Waals surface area contributed by atoms with Gasteiger partial charge in [0.2, 0.25) is 11.8 Å². The van der Waals surface area contributed by atoms with Gasteiger partial charge < -0.3 is 15.0 Å². The number of piperidine rings is 1. The van der Waals surface area contributed by atoms with Crippen molar-refractivity contribution in [2.75, 3.05) is 38.6 Å². The number of anilines is 1. The summed E-state index contributed by atoms with van der Waals surface area (Å²) in [5.74, 6) is -0.469. The Morgan fingerprint density at radius 2 is 1.79 bits per heavy atom. The highest BCUT2D eigenvalue weighted by molar-refractivity contribution is 5.94. The van der Waals surface area contributed by atoms with Crippen LogP contribution in [0.15, 0.2) is 18.2 Å². The van der Waals surface area contributed by atoms with Gasteiger partial charge in [0.15, 0.2) is 0 Å². The fraction of sp³-hybridized carbons (Fsp3) is 0.591. The lowest BCUT2D eigenvalue weighted by Gasteiger charge is -2.34. The topological polar surface area (TPSA) is 79.0 Å². The van der Waals surface area contributed by atoms with Crippen LogP contribution in [-0.2, 0) is 19.1 Å². The molecule has 0 aromatic heterocycles. The summed E-state index contributed by atoms with van der Waals surface area (Å²) in [6.45, 7) is 9.10. The first-order valence-electron chi connectivity index (χ1n) is 10.3. The van der Waals surface area contributed by atoms with Gasteiger partial charge in [0.1, 0.15) is 0 Å². The maximum absolute atomic E-state index is 12.8. The van der Waals surface area contributed by atoms with E-state index in [2.05, 4.69) is 5.32 Å². The monoisotopic (exact) mass is 403 g/mol. The Bertz CT molecular complexity index is 721. The molecule has 0 unspecified atom stereocenters. The van der Waals surface area contributed by atoms with Gasteiger partial charge in [-0.1, -0.05) is 18.2 Å². The zero-order valence-electron chi connectivity index (χ0n) is 18.2. The van der Waals surface area contributed by atoms with Crippen molar-refractivity contribution in [3.8, 4) is 0 Å². The van der Waals surface area contributed by atoms with E-state index < -0.39 is 6.04 Å². The number of aryl methyl sites for hydroxylation is 2. The highest BCUT2D eigenvalue weighted by atomic mass is 16.5. The number of likely N-dealkylation sites (N-methyl/N-ethyl adjacent to an activating group) is 1. The number of likely N-dealkylation sites (tertiary alicyclic amines) is 1. The van der Waals surface area contributed by atoms with Crippen LogP contribution in [0, 0.1) is 19.8 Å². The predicted octanol–water partition coefficient (Wildman–Crippen LogP) is 2.36. The third-order valence-corrected chi connectivity index (χ3v) is 5.58. The molecule has 1 aliphatic heterocycles. The number of nitrogens with zero attached hydrogens (tertiary/aromatic N) is 2. The number of carbonyl (C=O) groups excluding carboxylic acids is 3. The minimum absolute atomic E-state index is 0.0188. The van der Waals surface area contributed by atoms with Crippen LogP contribution in [0.3, 0.4) is 0 Å². The molecular formula is C22H33N3O4. The second-order valence-corrected chi connectivity index (χ2v) is 7.76. The van der Waals surface area contributed by atoms with Gasteiger partial charge >= 0.3 is 5.97 Å². The number of hydrogen-bond acceptors (Lipinski definition) is 5. The van der Waals surface area contributed by atoms with E-state index in [0.717, 1.165) is 16.8 Å². The summed E-state index contributed by atoms with van der Waals surface area (Å²) in [5.41, 5.74) is 2.84. The Hall–Kier alpha value is -2.41. The molecule has 0 saturated carbocycles. The molecule has 1 fully saturated rings. The maximum atomic E-state index is 12.8. The van der Waals surface area contributed by atoms with Crippen LogP contribution >= 0.6 is 0 Å². The van der Waals surface area contributed by atoms with Crippen molar-refractivity contribution in [2.24, 2.45) is 5.92 Å². The molecule has 29 heavy (non-hydrogen) atoms. The molecule has 1 aromatic rings. The summed E-state index contributed by atoms with van der Waals surface area (Å²) in [4.78, 5) is 40.7. The van der Waals surface area contributed by atoms with Gasteiger partial charge in [0, 0.05) is 18.8 Å². The lowest BCUT2D eigenvalue weighted by molar-refractivity contribution is -0.152. The number of hydrogen-bond donors (Lipinski definition) is 1. The molecule has 0 spiro atoms. The SMILES string of the molecule is CCOC(=O)C1CCN(C(=O)[C@@H](C)N(C)CC(=O)Nc2c(C)cccc2C)CC1. The van der Waals surface area contributed by atoms with E-state index in [1.165, 1.54) is 0 Å². The number of benzene rings is 1. The van der Waals surface area contributed by atoms with Crippen molar-refractivity contribution in [3.63, 3.8) is 0 Å². The van der Waals surface area contributed by atoms with Gasteiger partial charge in [0.05, 0.1) is 25.1 Å². The van der Waals surface area contributed by atoms with E-state index >= 15 is 0 Å². The second kappa shape index (κ2) is 10.4. The van der Waals surface area contributed by atoms with Crippen LogP contribution < -0.4 is 5.32 Å². The Morgan fingerprint density at radius 3 is 2.34 bits per heavy atom. The lowest BCUT2D eigenvalue weighted by Crippen LogP contribution is -2.50. The molecule has 0 bridgehead atoms. The Balaban J connectivity index is 1.86.